The Morgan fingerprint density at radius 1 is 1.21 bits per heavy atom. The molecule has 0 saturated carbocycles. The number of aromatic amines is 1. The van der Waals surface area contributed by atoms with Gasteiger partial charge in [-0.05, 0) is 11.6 Å². The molecule has 1 heterocycles. The van der Waals surface area contributed by atoms with Crippen LogP contribution in [0.15, 0.2) is 36.4 Å². The summed E-state index contributed by atoms with van der Waals surface area (Å²) in [7, 11) is 0. The highest BCUT2D eigenvalue weighted by atomic mass is 35.5. The number of rotatable bonds is 2. The number of carbonyl (C=O) groups is 1. The summed E-state index contributed by atoms with van der Waals surface area (Å²) in [6, 6.07) is 11.5. The SMILES string of the molecule is O=Cc1cc(-c2ccccc2)[nH]c1Cl. The summed E-state index contributed by atoms with van der Waals surface area (Å²) in [5.74, 6) is 0. The van der Waals surface area contributed by atoms with Gasteiger partial charge in [0.2, 0.25) is 0 Å². The van der Waals surface area contributed by atoms with Crippen molar-refractivity contribution >= 4 is 17.9 Å². The average Bonchev–Trinajstić information content (AvgIpc) is 2.61. The van der Waals surface area contributed by atoms with Crippen LogP contribution in [-0.4, -0.2) is 11.3 Å². The molecule has 70 valence electrons. The lowest BCUT2D eigenvalue weighted by atomic mass is 10.1. The zero-order valence-corrected chi connectivity index (χ0v) is 8.08. The summed E-state index contributed by atoms with van der Waals surface area (Å²) in [4.78, 5) is 13.5. The first-order chi connectivity index (χ1) is 6.81. The van der Waals surface area contributed by atoms with Gasteiger partial charge >= 0.3 is 0 Å². The van der Waals surface area contributed by atoms with Crippen LogP contribution in [0.1, 0.15) is 10.4 Å². The molecule has 0 fully saturated rings. The van der Waals surface area contributed by atoms with Gasteiger partial charge in [0.1, 0.15) is 5.15 Å². The highest BCUT2D eigenvalue weighted by Gasteiger charge is 2.05. The molecule has 0 spiro atoms. The fraction of sp³-hybridized carbons (Fsp3) is 0. The van der Waals surface area contributed by atoms with Gasteiger partial charge in [-0.25, -0.2) is 0 Å². The maximum absolute atomic E-state index is 10.6. The number of aldehydes is 1. The van der Waals surface area contributed by atoms with Crippen LogP contribution >= 0.6 is 11.6 Å². The maximum Gasteiger partial charge on any atom is 0.153 e. The molecule has 3 heteroatoms. The van der Waals surface area contributed by atoms with Crippen molar-refractivity contribution in [2.24, 2.45) is 0 Å². The quantitative estimate of drug-likeness (QED) is 0.751. The van der Waals surface area contributed by atoms with Gasteiger partial charge in [-0.1, -0.05) is 41.9 Å². The Balaban J connectivity index is 2.48. The van der Waals surface area contributed by atoms with Crippen molar-refractivity contribution in [3.63, 3.8) is 0 Å². The Bertz CT molecular complexity index is 448. The van der Waals surface area contributed by atoms with E-state index >= 15 is 0 Å². The topological polar surface area (TPSA) is 32.9 Å². The van der Waals surface area contributed by atoms with E-state index in [2.05, 4.69) is 4.98 Å². The molecule has 0 aliphatic heterocycles. The molecule has 0 bridgehead atoms. The number of benzene rings is 1. The van der Waals surface area contributed by atoms with E-state index in [0.29, 0.717) is 10.7 Å². The van der Waals surface area contributed by atoms with E-state index in [-0.39, 0.29) is 0 Å². The largest absolute Gasteiger partial charge is 0.345 e. The Morgan fingerprint density at radius 3 is 2.50 bits per heavy atom. The van der Waals surface area contributed by atoms with Crippen molar-refractivity contribution in [3.05, 3.63) is 47.1 Å². The molecule has 0 saturated heterocycles. The van der Waals surface area contributed by atoms with Crippen molar-refractivity contribution in [2.45, 2.75) is 0 Å². The van der Waals surface area contributed by atoms with Gasteiger partial charge in [-0.15, -0.1) is 0 Å². The van der Waals surface area contributed by atoms with Crippen molar-refractivity contribution in [2.75, 3.05) is 0 Å². The van der Waals surface area contributed by atoms with Gasteiger partial charge < -0.3 is 4.98 Å². The Morgan fingerprint density at radius 2 is 1.93 bits per heavy atom. The van der Waals surface area contributed by atoms with Crippen LogP contribution in [0.4, 0.5) is 0 Å². The lowest BCUT2D eigenvalue weighted by molar-refractivity contribution is 0.112. The van der Waals surface area contributed by atoms with Crippen molar-refractivity contribution in [1.82, 2.24) is 4.98 Å². The first kappa shape index (κ1) is 9.03. The smallest absolute Gasteiger partial charge is 0.153 e. The standard InChI is InChI=1S/C11H8ClNO/c12-11-9(7-14)6-10(13-11)8-4-2-1-3-5-8/h1-7,13H. The average molecular weight is 206 g/mol. The third kappa shape index (κ3) is 1.56. The molecular formula is C11H8ClNO. The van der Waals surface area contributed by atoms with E-state index in [4.69, 9.17) is 11.6 Å². The molecule has 1 aromatic carbocycles. The first-order valence-electron chi connectivity index (χ1n) is 4.20. The summed E-state index contributed by atoms with van der Waals surface area (Å²) >= 11 is 5.81. The molecule has 0 unspecified atom stereocenters. The minimum absolute atomic E-state index is 0.388. The highest BCUT2D eigenvalue weighted by molar-refractivity contribution is 6.32. The monoisotopic (exact) mass is 205 g/mol. The number of hydrogen-bond donors (Lipinski definition) is 1. The van der Waals surface area contributed by atoms with Crippen molar-refractivity contribution in [3.8, 4) is 11.3 Å². The van der Waals surface area contributed by atoms with Gasteiger partial charge in [0, 0.05) is 5.69 Å². The van der Waals surface area contributed by atoms with Gasteiger partial charge in [0.15, 0.2) is 6.29 Å². The van der Waals surface area contributed by atoms with Gasteiger partial charge in [-0.3, -0.25) is 4.79 Å². The van der Waals surface area contributed by atoms with Crippen LogP contribution in [0, 0.1) is 0 Å². The van der Waals surface area contributed by atoms with Crippen molar-refractivity contribution < 1.29 is 4.79 Å². The van der Waals surface area contributed by atoms with Gasteiger partial charge in [0.05, 0.1) is 5.56 Å². The third-order valence-electron chi connectivity index (χ3n) is 2.01. The molecule has 1 aromatic heterocycles. The van der Waals surface area contributed by atoms with Crippen LogP contribution in [0.3, 0.4) is 0 Å². The fourth-order valence-electron chi connectivity index (χ4n) is 1.30. The van der Waals surface area contributed by atoms with E-state index in [0.717, 1.165) is 17.5 Å². The van der Waals surface area contributed by atoms with E-state index < -0.39 is 0 Å². The molecule has 1 N–H and O–H groups in total. The Kier molecular flexibility index (Phi) is 2.37. The minimum Gasteiger partial charge on any atom is -0.345 e. The zero-order chi connectivity index (χ0) is 9.97. The van der Waals surface area contributed by atoms with Gasteiger partial charge in [-0.2, -0.15) is 0 Å². The number of halogens is 1. The molecule has 0 radical (unpaired) electrons. The predicted molar refractivity (Wildman–Crippen MR) is 56.6 cm³/mol. The van der Waals surface area contributed by atoms with Crippen molar-refractivity contribution in [1.29, 1.82) is 0 Å². The molecular weight excluding hydrogens is 198 g/mol. The molecule has 2 nitrogen and oxygen atoms in total. The zero-order valence-electron chi connectivity index (χ0n) is 7.33. The lowest BCUT2D eigenvalue weighted by Crippen LogP contribution is -1.74. The number of carbonyl (C=O) groups excluding carboxylic acids is 1. The van der Waals surface area contributed by atoms with Crippen LogP contribution in [0.2, 0.25) is 5.15 Å². The van der Waals surface area contributed by atoms with E-state index in [9.17, 15) is 4.79 Å². The molecule has 0 atom stereocenters. The minimum atomic E-state index is 0.388. The molecule has 0 aliphatic rings. The second-order valence-electron chi connectivity index (χ2n) is 2.94. The number of H-pyrrole nitrogens is 1. The van der Waals surface area contributed by atoms with Crippen LogP contribution < -0.4 is 0 Å². The summed E-state index contributed by atoms with van der Waals surface area (Å²) in [5, 5.41) is 0.388. The van der Waals surface area contributed by atoms with E-state index in [1.54, 1.807) is 6.07 Å². The Hall–Kier alpha value is -1.54. The summed E-state index contributed by atoms with van der Waals surface area (Å²) in [6.45, 7) is 0. The molecule has 14 heavy (non-hydrogen) atoms. The van der Waals surface area contributed by atoms with E-state index in [1.165, 1.54) is 0 Å². The molecule has 0 aliphatic carbocycles. The number of hydrogen-bond acceptors (Lipinski definition) is 1. The third-order valence-corrected chi connectivity index (χ3v) is 2.32. The molecule has 0 amide bonds. The normalized spacial score (nSPS) is 10.1. The molecule has 2 aromatic rings. The number of aromatic nitrogens is 1. The second kappa shape index (κ2) is 3.68. The van der Waals surface area contributed by atoms with Crippen LogP contribution in [-0.2, 0) is 0 Å². The second-order valence-corrected chi connectivity index (χ2v) is 3.31. The lowest BCUT2D eigenvalue weighted by Gasteiger charge is -1.94. The summed E-state index contributed by atoms with van der Waals surface area (Å²) in [6.07, 6.45) is 0.741. The molecule has 2 rings (SSSR count). The van der Waals surface area contributed by atoms with Gasteiger partial charge in [0.25, 0.3) is 0 Å². The van der Waals surface area contributed by atoms with Crippen LogP contribution in [0.25, 0.3) is 11.3 Å². The maximum atomic E-state index is 10.6. The van der Waals surface area contributed by atoms with Crippen LogP contribution in [0.5, 0.6) is 0 Å². The van der Waals surface area contributed by atoms with E-state index in [1.807, 2.05) is 30.3 Å². The summed E-state index contributed by atoms with van der Waals surface area (Å²) in [5.41, 5.74) is 2.37. The fourth-order valence-corrected chi connectivity index (χ4v) is 1.51. The highest BCUT2D eigenvalue weighted by Crippen LogP contribution is 2.23. The predicted octanol–water partition coefficient (Wildman–Crippen LogP) is 3.15. The number of nitrogens with one attached hydrogen (secondary N) is 1. The first-order valence-corrected chi connectivity index (χ1v) is 4.58. The summed E-state index contributed by atoms with van der Waals surface area (Å²) < 4.78 is 0. The Labute approximate surface area is 86.5 Å².